The first-order chi connectivity index (χ1) is 9.90. The average molecular weight is 272 g/mol. The lowest BCUT2D eigenvalue weighted by molar-refractivity contribution is 0.0209. The number of fused-ring (bicyclic) bond motifs is 1. The molecule has 2 aromatic rings. The molecule has 1 N–H and O–H groups in total. The highest BCUT2D eigenvalue weighted by Crippen LogP contribution is 2.23. The second-order valence-electron chi connectivity index (χ2n) is 5.61. The average Bonchev–Trinajstić information content (AvgIpc) is 3.14. The predicted molar refractivity (Wildman–Crippen MR) is 79.1 cm³/mol. The van der Waals surface area contributed by atoms with Crippen LogP contribution in [0.3, 0.4) is 0 Å². The molecule has 1 atom stereocenters. The molecule has 0 radical (unpaired) electrons. The zero-order chi connectivity index (χ0) is 13.4. The van der Waals surface area contributed by atoms with E-state index in [4.69, 9.17) is 9.72 Å². The van der Waals surface area contributed by atoms with Crippen molar-refractivity contribution in [2.75, 3.05) is 44.3 Å². The molecule has 4 rings (SSSR count). The fourth-order valence-electron chi connectivity index (χ4n) is 3.26. The third kappa shape index (κ3) is 2.17. The van der Waals surface area contributed by atoms with Gasteiger partial charge in [0.15, 0.2) is 0 Å². The highest BCUT2D eigenvalue weighted by atomic mass is 16.5. The summed E-state index contributed by atoms with van der Waals surface area (Å²) in [6, 6.07) is 8.87. The number of morpholine rings is 1. The van der Waals surface area contributed by atoms with E-state index >= 15 is 0 Å². The fourth-order valence-corrected chi connectivity index (χ4v) is 3.26. The van der Waals surface area contributed by atoms with Crippen molar-refractivity contribution in [2.45, 2.75) is 12.5 Å². The lowest BCUT2D eigenvalue weighted by Gasteiger charge is -2.32. The molecule has 1 aromatic carbocycles. The molecule has 5 heteroatoms. The first kappa shape index (κ1) is 12.2. The van der Waals surface area contributed by atoms with Crippen molar-refractivity contribution in [1.29, 1.82) is 0 Å². The molecule has 0 spiro atoms. The molecule has 106 valence electrons. The predicted octanol–water partition coefficient (Wildman–Crippen LogP) is 1.47. The van der Waals surface area contributed by atoms with E-state index in [9.17, 15) is 0 Å². The van der Waals surface area contributed by atoms with Crippen LogP contribution in [0.5, 0.6) is 0 Å². The van der Waals surface area contributed by atoms with E-state index in [0.29, 0.717) is 6.04 Å². The monoisotopic (exact) mass is 272 g/mol. The maximum atomic E-state index is 5.44. The number of nitrogens with one attached hydrogen (secondary N) is 1. The van der Waals surface area contributed by atoms with Gasteiger partial charge in [-0.15, -0.1) is 0 Å². The van der Waals surface area contributed by atoms with Crippen molar-refractivity contribution in [3.05, 3.63) is 24.3 Å². The Labute approximate surface area is 118 Å². The third-order valence-corrected chi connectivity index (χ3v) is 4.40. The van der Waals surface area contributed by atoms with Gasteiger partial charge in [0.25, 0.3) is 0 Å². The number of benzene rings is 1. The molecule has 2 saturated heterocycles. The summed E-state index contributed by atoms with van der Waals surface area (Å²) in [6.45, 7) is 6.04. The normalized spacial score (nSPS) is 24.6. The molecular weight excluding hydrogens is 252 g/mol. The number of anilines is 1. The fraction of sp³-hybridized carbons (Fsp3) is 0.533. The Bertz CT molecular complexity index is 557. The van der Waals surface area contributed by atoms with Crippen LogP contribution >= 0.6 is 0 Å². The van der Waals surface area contributed by atoms with Gasteiger partial charge in [0, 0.05) is 32.2 Å². The van der Waals surface area contributed by atoms with Gasteiger partial charge in [-0.1, -0.05) is 12.1 Å². The Balaban J connectivity index is 1.49. The summed E-state index contributed by atoms with van der Waals surface area (Å²) in [4.78, 5) is 13.1. The molecule has 1 aromatic heterocycles. The summed E-state index contributed by atoms with van der Waals surface area (Å²) in [5.41, 5.74) is 2.18. The first-order valence-electron chi connectivity index (χ1n) is 7.42. The van der Waals surface area contributed by atoms with Crippen molar-refractivity contribution < 1.29 is 4.74 Å². The standard InChI is InChI=1S/C15H20N4O/c1-2-4-14-13(3-1)16-15(17-14)19-6-5-12(11-19)18-7-9-20-10-8-18/h1-4,12H,5-11H2,(H,16,17). The number of aromatic amines is 1. The van der Waals surface area contributed by atoms with Crippen LogP contribution < -0.4 is 4.90 Å². The molecule has 1 unspecified atom stereocenters. The van der Waals surface area contributed by atoms with Gasteiger partial charge >= 0.3 is 0 Å². The number of imidazole rings is 1. The minimum atomic E-state index is 0.645. The Kier molecular flexibility index (Phi) is 3.09. The van der Waals surface area contributed by atoms with Crippen LogP contribution in [0.25, 0.3) is 11.0 Å². The molecule has 0 saturated carbocycles. The molecule has 2 fully saturated rings. The van der Waals surface area contributed by atoms with Gasteiger partial charge in [0.1, 0.15) is 0 Å². The quantitative estimate of drug-likeness (QED) is 0.899. The summed E-state index contributed by atoms with van der Waals surface area (Å²) < 4.78 is 5.44. The Morgan fingerprint density at radius 2 is 2.00 bits per heavy atom. The van der Waals surface area contributed by atoms with Crippen molar-refractivity contribution in [1.82, 2.24) is 14.9 Å². The maximum Gasteiger partial charge on any atom is 0.203 e. The van der Waals surface area contributed by atoms with E-state index < -0.39 is 0 Å². The number of H-pyrrole nitrogens is 1. The molecule has 3 heterocycles. The molecule has 0 amide bonds. The molecule has 20 heavy (non-hydrogen) atoms. The number of aromatic nitrogens is 2. The van der Waals surface area contributed by atoms with Gasteiger partial charge in [-0.05, 0) is 18.6 Å². The van der Waals surface area contributed by atoms with Crippen LogP contribution in [-0.2, 0) is 4.74 Å². The van der Waals surface area contributed by atoms with Gasteiger partial charge < -0.3 is 14.6 Å². The lowest BCUT2D eigenvalue weighted by atomic mass is 10.2. The van der Waals surface area contributed by atoms with Gasteiger partial charge in [0.05, 0.1) is 24.2 Å². The zero-order valence-electron chi connectivity index (χ0n) is 11.6. The minimum Gasteiger partial charge on any atom is -0.379 e. The van der Waals surface area contributed by atoms with Gasteiger partial charge in [-0.2, -0.15) is 0 Å². The van der Waals surface area contributed by atoms with Crippen molar-refractivity contribution in [2.24, 2.45) is 0 Å². The van der Waals surface area contributed by atoms with E-state index in [1.54, 1.807) is 0 Å². The zero-order valence-corrected chi connectivity index (χ0v) is 11.6. The summed E-state index contributed by atoms with van der Waals surface area (Å²) in [7, 11) is 0. The van der Waals surface area contributed by atoms with Crippen molar-refractivity contribution in [3.8, 4) is 0 Å². The van der Waals surface area contributed by atoms with Gasteiger partial charge in [0.2, 0.25) is 5.95 Å². The van der Waals surface area contributed by atoms with Gasteiger partial charge in [-0.25, -0.2) is 4.98 Å². The lowest BCUT2D eigenvalue weighted by Crippen LogP contribution is -2.44. The number of nitrogens with zero attached hydrogens (tertiary/aromatic N) is 3. The van der Waals surface area contributed by atoms with E-state index in [2.05, 4.69) is 26.9 Å². The SMILES string of the molecule is c1ccc2[nH]c(N3CCC(N4CCOCC4)C3)nc2c1. The number of ether oxygens (including phenoxy) is 1. The summed E-state index contributed by atoms with van der Waals surface area (Å²) in [5, 5.41) is 0. The van der Waals surface area contributed by atoms with Crippen LogP contribution in [0.1, 0.15) is 6.42 Å². The van der Waals surface area contributed by atoms with E-state index in [0.717, 1.165) is 56.4 Å². The molecule has 2 aliphatic rings. The summed E-state index contributed by atoms with van der Waals surface area (Å²) in [6.07, 6.45) is 1.22. The van der Waals surface area contributed by atoms with Crippen LogP contribution in [-0.4, -0.2) is 60.3 Å². The Hall–Kier alpha value is -1.59. The Morgan fingerprint density at radius 3 is 2.85 bits per heavy atom. The number of hydrogen-bond donors (Lipinski definition) is 1. The summed E-state index contributed by atoms with van der Waals surface area (Å²) >= 11 is 0. The third-order valence-electron chi connectivity index (χ3n) is 4.40. The van der Waals surface area contributed by atoms with Crippen molar-refractivity contribution >= 4 is 17.0 Å². The molecule has 2 aliphatic heterocycles. The van der Waals surface area contributed by atoms with E-state index in [-0.39, 0.29) is 0 Å². The van der Waals surface area contributed by atoms with E-state index in [1.165, 1.54) is 6.42 Å². The number of para-hydroxylation sites is 2. The van der Waals surface area contributed by atoms with E-state index in [1.807, 2.05) is 12.1 Å². The number of rotatable bonds is 2. The molecular formula is C15H20N4O. The first-order valence-corrected chi connectivity index (χ1v) is 7.42. The number of hydrogen-bond acceptors (Lipinski definition) is 4. The largest absolute Gasteiger partial charge is 0.379 e. The molecule has 0 bridgehead atoms. The minimum absolute atomic E-state index is 0.645. The van der Waals surface area contributed by atoms with Crippen LogP contribution in [0.2, 0.25) is 0 Å². The van der Waals surface area contributed by atoms with Crippen LogP contribution in [0.15, 0.2) is 24.3 Å². The molecule has 0 aliphatic carbocycles. The second-order valence-corrected chi connectivity index (χ2v) is 5.61. The Morgan fingerprint density at radius 1 is 1.15 bits per heavy atom. The van der Waals surface area contributed by atoms with Gasteiger partial charge in [-0.3, -0.25) is 4.90 Å². The smallest absolute Gasteiger partial charge is 0.203 e. The molecule has 5 nitrogen and oxygen atoms in total. The highest BCUT2D eigenvalue weighted by molar-refractivity contribution is 5.77. The van der Waals surface area contributed by atoms with Crippen LogP contribution in [0.4, 0.5) is 5.95 Å². The van der Waals surface area contributed by atoms with Crippen LogP contribution in [0, 0.1) is 0 Å². The maximum absolute atomic E-state index is 5.44. The second kappa shape index (κ2) is 5.07. The topological polar surface area (TPSA) is 44.4 Å². The summed E-state index contributed by atoms with van der Waals surface area (Å²) in [5.74, 6) is 1.02. The van der Waals surface area contributed by atoms with Crippen molar-refractivity contribution in [3.63, 3.8) is 0 Å². The highest BCUT2D eigenvalue weighted by Gasteiger charge is 2.29.